The van der Waals surface area contributed by atoms with Crippen LogP contribution in [0.25, 0.3) is 10.8 Å². The van der Waals surface area contributed by atoms with E-state index in [4.69, 9.17) is 10.5 Å². The average Bonchev–Trinajstić information content (AvgIpc) is 2.35. The summed E-state index contributed by atoms with van der Waals surface area (Å²) in [5.41, 5.74) is 6.02. The molecule has 2 aromatic rings. The molecule has 0 aliphatic rings. The molecule has 0 fully saturated rings. The number of fused-ring (bicyclic) bond motifs is 1. The van der Waals surface area contributed by atoms with Crippen LogP contribution in [0.4, 0.5) is 0 Å². The molecule has 0 saturated heterocycles. The molecular formula is C13H14N2O2. The van der Waals surface area contributed by atoms with Crippen molar-refractivity contribution in [2.45, 2.75) is 12.8 Å². The first-order valence-electron chi connectivity index (χ1n) is 5.41. The molecule has 1 heterocycles. The Morgan fingerprint density at radius 2 is 2.18 bits per heavy atom. The number of hydrogen-bond donors (Lipinski definition) is 1. The van der Waals surface area contributed by atoms with Gasteiger partial charge in [-0.25, -0.2) is 0 Å². The van der Waals surface area contributed by atoms with Crippen molar-refractivity contribution in [3.05, 3.63) is 36.2 Å². The number of nitrogens with zero attached hydrogens (tertiary/aromatic N) is 1. The predicted molar refractivity (Wildman–Crippen MR) is 65.8 cm³/mol. The lowest BCUT2D eigenvalue weighted by atomic mass is 10.1. The van der Waals surface area contributed by atoms with Gasteiger partial charge in [0.05, 0.1) is 7.11 Å². The minimum atomic E-state index is -0.313. The second kappa shape index (κ2) is 4.82. The lowest BCUT2D eigenvalue weighted by Crippen LogP contribution is -2.11. The zero-order chi connectivity index (χ0) is 12.3. The summed E-state index contributed by atoms with van der Waals surface area (Å²) in [7, 11) is 1.64. The molecule has 0 bridgehead atoms. The van der Waals surface area contributed by atoms with E-state index < -0.39 is 0 Å². The Kier molecular flexibility index (Phi) is 3.23. The summed E-state index contributed by atoms with van der Waals surface area (Å²) in [4.78, 5) is 15.1. The summed E-state index contributed by atoms with van der Waals surface area (Å²) >= 11 is 0. The highest BCUT2D eigenvalue weighted by molar-refractivity contribution is 5.90. The second-order valence-electron chi connectivity index (χ2n) is 3.78. The number of rotatable bonds is 4. The first-order chi connectivity index (χ1) is 8.22. The van der Waals surface area contributed by atoms with E-state index in [0.29, 0.717) is 12.8 Å². The third kappa shape index (κ3) is 2.36. The highest BCUT2D eigenvalue weighted by Crippen LogP contribution is 2.26. The molecule has 2 N–H and O–H groups in total. The number of pyridine rings is 1. The van der Waals surface area contributed by atoms with Gasteiger partial charge in [-0.15, -0.1) is 0 Å². The summed E-state index contributed by atoms with van der Waals surface area (Å²) in [6, 6.07) is 7.69. The molecule has 0 aliphatic heterocycles. The van der Waals surface area contributed by atoms with Crippen LogP contribution in [0, 0.1) is 0 Å². The zero-order valence-corrected chi connectivity index (χ0v) is 9.64. The summed E-state index contributed by atoms with van der Waals surface area (Å²) in [6.07, 6.45) is 2.59. The number of aryl methyl sites for hydroxylation is 1. The monoisotopic (exact) mass is 230 g/mol. The zero-order valence-electron chi connectivity index (χ0n) is 9.64. The van der Waals surface area contributed by atoms with Crippen molar-refractivity contribution in [2.75, 3.05) is 7.11 Å². The molecule has 1 aromatic heterocycles. The molecule has 0 spiro atoms. The van der Waals surface area contributed by atoms with Gasteiger partial charge in [-0.2, -0.15) is 0 Å². The third-order valence-corrected chi connectivity index (χ3v) is 2.68. The number of methoxy groups -OCH3 is 1. The number of aromatic nitrogens is 1. The van der Waals surface area contributed by atoms with E-state index in [1.807, 2.05) is 24.3 Å². The highest BCUT2D eigenvalue weighted by Gasteiger charge is 2.07. The number of carbonyl (C=O) groups is 1. The third-order valence-electron chi connectivity index (χ3n) is 2.68. The normalized spacial score (nSPS) is 10.4. The Balaban J connectivity index is 2.46. The number of carbonyl (C=O) groups excluding carboxylic acids is 1. The van der Waals surface area contributed by atoms with E-state index in [1.165, 1.54) is 0 Å². The van der Waals surface area contributed by atoms with Crippen molar-refractivity contribution in [1.82, 2.24) is 4.98 Å². The van der Waals surface area contributed by atoms with Crippen LogP contribution in [0.1, 0.15) is 12.1 Å². The van der Waals surface area contributed by atoms with Crippen molar-refractivity contribution in [1.29, 1.82) is 0 Å². The molecule has 4 nitrogen and oxygen atoms in total. The fourth-order valence-electron chi connectivity index (χ4n) is 1.86. The number of hydrogen-bond acceptors (Lipinski definition) is 3. The van der Waals surface area contributed by atoms with Crippen molar-refractivity contribution in [3.63, 3.8) is 0 Å². The molecule has 1 amide bonds. The van der Waals surface area contributed by atoms with Gasteiger partial charge >= 0.3 is 0 Å². The van der Waals surface area contributed by atoms with Crippen LogP contribution < -0.4 is 10.5 Å². The molecule has 0 unspecified atom stereocenters. The lowest BCUT2D eigenvalue weighted by Gasteiger charge is -2.08. The maximum atomic E-state index is 10.8. The van der Waals surface area contributed by atoms with E-state index in [0.717, 1.165) is 22.2 Å². The van der Waals surface area contributed by atoms with Crippen LogP contribution in [0.2, 0.25) is 0 Å². The van der Waals surface area contributed by atoms with Crippen molar-refractivity contribution >= 4 is 16.7 Å². The Morgan fingerprint density at radius 1 is 1.35 bits per heavy atom. The minimum Gasteiger partial charge on any atom is -0.496 e. The Morgan fingerprint density at radius 3 is 2.88 bits per heavy atom. The molecule has 4 heteroatoms. The molecule has 0 saturated carbocycles. The van der Waals surface area contributed by atoms with Crippen LogP contribution in [0.5, 0.6) is 5.75 Å². The van der Waals surface area contributed by atoms with E-state index in [9.17, 15) is 4.79 Å². The second-order valence-corrected chi connectivity index (χ2v) is 3.78. The van der Waals surface area contributed by atoms with Crippen molar-refractivity contribution < 1.29 is 9.53 Å². The summed E-state index contributed by atoms with van der Waals surface area (Å²) in [5.74, 6) is 0.497. The summed E-state index contributed by atoms with van der Waals surface area (Å²) in [6.45, 7) is 0. The van der Waals surface area contributed by atoms with Crippen LogP contribution in [0.15, 0.2) is 30.5 Å². The van der Waals surface area contributed by atoms with Crippen molar-refractivity contribution in [3.8, 4) is 5.75 Å². The Hall–Kier alpha value is -2.10. The SMILES string of the molecule is COc1cccc2c(CCC(N)=O)nccc12. The molecule has 1 aromatic carbocycles. The molecule has 0 radical (unpaired) electrons. The van der Waals surface area contributed by atoms with Gasteiger partial charge < -0.3 is 10.5 Å². The number of nitrogens with two attached hydrogens (primary N) is 1. The lowest BCUT2D eigenvalue weighted by molar-refractivity contribution is -0.117. The van der Waals surface area contributed by atoms with Crippen LogP contribution in [-0.2, 0) is 11.2 Å². The van der Waals surface area contributed by atoms with Gasteiger partial charge in [0.25, 0.3) is 0 Å². The van der Waals surface area contributed by atoms with Crippen LogP contribution in [0.3, 0.4) is 0 Å². The van der Waals surface area contributed by atoms with Gasteiger partial charge in [-0.05, 0) is 18.6 Å². The van der Waals surface area contributed by atoms with Gasteiger partial charge in [0.2, 0.25) is 5.91 Å². The van der Waals surface area contributed by atoms with E-state index in [-0.39, 0.29) is 5.91 Å². The minimum absolute atomic E-state index is 0.309. The Bertz CT molecular complexity index is 552. The van der Waals surface area contributed by atoms with Gasteiger partial charge in [-0.1, -0.05) is 12.1 Å². The maximum Gasteiger partial charge on any atom is 0.217 e. The fourth-order valence-corrected chi connectivity index (χ4v) is 1.86. The van der Waals surface area contributed by atoms with Crippen molar-refractivity contribution in [2.24, 2.45) is 5.73 Å². The fraction of sp³-hybridized carbons (Fsp3) is 0.231. The topological polar surface area (TPSA) is 65.2 Å². The maximum absolute atomic E-state index is 10.8. The first-order valence-corrected chi connectivity index (χ1v) is 5.41. The summed E-state index contributed by atoms with van der Waals surface area (Å²) in [5, 5.41) is 2.01. The average molecular weight is 230 g/mol. The van der Waals surface area contributed by atoms with E-state index >= 15 is 0 Å². The van der Waals surface area contributed by atoms with Crippen LogP contribution in [-0.4, -0.2) is 18.0 Å². The largest absolute Gasteiger partial charge is 0.496 e. The predicted octanol–water partition coefficient (Wildman–Crippen LogP) is 1.66. The molecule has 2 rings (SSSR count). The molecule has 0 aliphatic carbocycles. The van der Waals surface area contributed by atoms with Gasteiger partial charge in [0.1, 0.15) is 5.75 Å². The number of amides is 1. The quantitative estimate of drug-likeness (QED) is 0.868. The van der Waals surface area contributed by atoms with E-state index in [2.05, 4.69) is 4.98 Å². The molecular weight excluding hydrogens is 216 g/mol. The molecule has 0 atom stereocenters. The number of ether oxygens (including phenoxy) is 1. The smallest absolute Gasteiger partial charge is 0.217 e. The van der Waals surface area contributed by atoms with Gasteiger partial charge in [0.15, 0.2) is 0 Å². The molecule has 88 valence electrons. The summed E-state index contributed by atoms with van der Waals surface area (Å²) < 4.78 is 5.29. The number of benzene rings is 1. The van der Waals surface area contributed by atoms with Gasteiger partial charge in [-0.3, -0.25) is 9.78 Å². The molecule has 17 heavy (non-hydrogen) atoms. The van der Waals surface area contributed by atoms with E-state index in [1.54, 1.807) is 13.3 Å². The van der Waals surface area contributed by atoms with Crippen LogP contribution >= 0.6 is 0 Å². The Labute approximate surface area is 99.4 Å². The number of primary amides is 1. The standard InChI is InChI=1S/C13H14N2O2/c1-17-12-4-2-3-9-10(12)7-8-15-11(9)5-6-13(14)16/h2-4,7-8H,5-6H2,1H3,(H2,14,16). The van der Waals surface area contributed by atoms with Gasteiger partial charge in [0, 0.05) is 29.1 Å². The highest BCUT2D eigenvalue weighted by atomic mass is 16.5. The first kappa shape index (κ1) is 11.4.